The van der Waals surface area contributed by atoms with Gasteiger partial charge in [-0.05, 0) is 36.8 Å². The lowest BCUT2D eigenvalue weighted by molar-refractivity contribution is -0.387. The van der Waals surface area contributed by atoms with Crippen LogP contribution in [0, 0.1) is 20.2 Å². The standard InChI is InChI=1S/C21H17N5O7S/c1-14(22-23-21(27)16-5-4-6-18(13-16)25(28)29)15-9-11-17(12-10-15)24-34(32,33)20-8-3-2-7-19(20)26(30)31/h2-13,24H,1H3,(H,23,27)/b22-14-. The molecule has 12 nitrogen and oxygen atoms in total. The first-order valence-electron chi connectivity index (χ1n) is 9.54. The zero-order valence-electron chi connectivity index (χ0n) is 17.5. The fourth-order valence-electron chi connectivity index (χ4n) is 2.85. The lowest BCUT2D eigenvalue weighted by atomic mass is 10.1. The Hall–Kier alpha value is -4.65. The molecule has 0 saturated carbocycles. The van der Waals surface area contributed by atoms with Crippen LogP contribution in [0.3, 0.4) is 0 Å². The molecule has 0 aliphatic carbocycles. The zero-order chi connectivity index (χ0) is 24.9. The smallest absolute Gasteiger partial charge is 0.279 e. The number of carbonyl (C=O) groups excluding carboxylic acids is 1. The van der Waals surface area contributed by atoms with Gasteiger partial charge in [-0.25, -0.2) is 13.8 Å². The van der Waals surface area contributed by atoms with Gasteiger partial charge in [-0.1, -0.05) is 30.3 Å². The number of nitro benzene ring substituents is 2. The number of nitrogens with one attached hydrogen (secondary N) is 2. The number of hydrogen-bond donors (Lipinski definition) is 2. The second-order valence-corrected chi connectivity index (χ2v) is 8.50. The maximum atomic E-state index is 12.6. The van der Waals surface area contributed by atoms with Crippen molar-refractivity contribution >= 4 is 38.7 Å². The van der Waals surface area contributed by atoms with Gasteiger partial charge in [-0.15, -0.1) is 0 Å². The minimum atomic E-state index is -4.21. The normalized spacial score (nSPS) is 11.5. The highest BCUT2D eigenvalue weighted by molar-refractivity contribution is 7.92. The number of para-hydroxylation sites is 1. The molecule has 0 aliphatic rings. The van der Waals surface area contributed by atoms with Crippen LogP contribution in [-0.4, -0.2) is 29.9 Å². The molecule has 0 atom stereocenters. The van der Waals surface area contributed by atoms with Gasteiger partial charge in [0.25, 0.3) is 27.3 Å². The molecule has 0 bridgehead atoms. The Morgan fingerprint density at radius 1 is 0.882 bits per heavy atom. The topological polar surface area (TPSA) is 174 Å². The van der Waals surface area contributed by atoms with Crippen LogP contribution in [0.2, 0.25) is 0 Å². The number of sulfonamides is 1. The number of benzene rings is 3. The van der Waals surface area contributed by atoms with Gasteiger partial charge in [0, 0.05) is 29.4 Å². The molecule has 34 heavy (non-hydrogen) atoms. The SMILES string of the molecule is C/C(=N/NC(=O)c1cccc([N+](=O)[O-])c1)c1ccc(NS(=O)(=O)c2ccccc2[N+](=O)[O-])cc1. The van der Waals surface area contributed by atoms with E-state index in [1.807, 2.05) is 0 Å². The number of hydrazone groups is 1. The predicted molar refractivity (Wildman–Crippen MR) is 123 cm³/mol. The molecule has 0 spiro atoms. The molecule has 13 heteroatoms. The first kappa shape index (κ1) is 24.0. The summed E-state index contributed by atoms with van der Waals surface area (Å²) in [6.07, 6.45) is 0. The summed E-state index contributed by atoms with van der Waals surface area (Å²) in [7, 11) is -4.21. The highest BCUT2D eigenvalue weighted by Crippen LogP contribution is 2.25. The lowest BCUT2D eigenvalue weighted by Gasteiger charge is -2.09. The molecule has 3 aromatic carbocycles. The van der Waals surface area contributed by atoms with E-state index in [4.69, 9.17) is 0 Å². The van der Waals surface area contributed by atoms with Crippen molar-refractivity contribution in [3.63, 3.8) is 0 Å². The molecular formula is C21H17N5O7S. The number of hydrogen-bond acceptors (Lipinski definition) is 8. The molecular weight excluding hydrogens is 466 g/mol. The Morgan fingerprint density at radius 2 is 1.56 bits per heavy atom. The minimum Gasteiger partial charge on any atom is -0.279 e. The summed E-state index contributed by atoms with van der Waals surface area (Å²) in [5, 5.41) is 25.9. The number of rotatable bonds is 8. The van der Waals surface area contributed by atoms with Gasteiger partial charge in [0.15, 0.2) is 4.90 Å². The Morgan fingerprint density at radius 3 is 2.21 bits per heavy atom. The molecule has 3 rings (SSSR count). The predicted octanol–water partition coefficient (Wildman–Crippen LogP) is 3.46. The maximum Gasteiger partial charge on any atom is 0.289 e. The van der Waals surface area contributed by atoms with Crippen LogP contribution in [0.4, 0.5) is 17.1 Å². The molecule has 0 unspecified atom stereocenters. The fraction of sp³-hybridized carbons (Fsp3) is 0.0476. The molecule has 2 N–H and O–H groups in total. The molecule has 1 amide bonds. The first-order chi connectivity index (χ1) is 16.1. The van der Waals surface area contributed by atoms with Gasteiger partial charge in [0.05, 0.1) is 15.6 Å². The average molecular weight is 483 g/mol. The van der Waals surface area contributed by atoms with Gasteiger partial charge in [-0.2, -0.15) is 5.10 Å². The van der Waals surface area contributed by atoms with Gasteiger partial charge in [-0.3, -0.25) is 29.7 Å². The third kappa shape index (κ3) is 5.58. The highest BCUT2D eigenvalue weighted by atomic mass is 32.2. The number of nitro groups is 2. The number of nitrogens with zero attached hydrogens (tertiary/aromatic N) is 3. The second kappa shape index (κ2) is 9.87. The van der Waals surface area contributed by atoms with E-state index in [-0.39, 0.29) is 16.9 Å². The largest absolute Gasteiger partial charge is 0.289 e. The van der Waals surface area contributed by atoms with Crippen molar-refractivity contribution in [1.29, 1.82) is 0 Å². The summed E-state index contributed by atoms with van der Waals surface area (Å²) >= 11 is 0. The van der Waals surface area contributed by atoms with Crippen molar-refractivity contribution in [1.82, 2.24) is 5.43 Å². The molecule has 0 saturated heterocycles. The van der Waals surface area contributed by atoms with Crippen molar-refractivity contribution in [3.8, 4) is 0 Å². The Labute approximate surface area is 193 Å². The number of carbonyl (C=O) groups is 1. The Kier molecular flexibility index (Phi) is 6.97. The minimum absolute atomic E-state index is 0.0607. The van der Waals surface area contributed by atoms with Crippen molar-refractivity contribution in [2.75, 3.05) is 4.72 Å². The van der Waals surface area contributed by atoms with Gasteiger partial charge in [0.1, 0.15) is 0 Å². The Balaban J connectivity index is 1.72. The van der Waals surface area contributed by atoms with Gasteiger partial charge < -0.3 is 0 Å². The van der Waals surface area contributed by atoms with E-state index >= 15 is 0 Å². The van der Waals surface area contributed by atoms with Crippen LogP contribution in [0.5, 0.6) is 0 Å². The van der Waals surface area contributed by atoms with Crippen molar-refractivity contribution in [2.24, 2.45) is 5.10 Å². The van der Waals surface area contributed by atoms with E-state index < -0.39 is 36.4 Å². The van der Waals surface area contributed by atoms with Crippen LogP contribution >= 0.6 is 0 Å². The monoisotopic (exact) mass is 483 g/mol. The molecule has 0 fully saturated rings. The van der Waals surface area contributed by atoms with E-state index in [9.17, 15) is 33.4 Å². The third-order valence-corrected chi connectivity index (χ3v) is 5.98. The van der Waals surface area contributed by atoms with E-state index in [0.29, 0.717) is 11.3 Å². The summed E-state index contributed by atoms with van der Waals surface area (Å²) in [4.78, 5) is 32.3. The van der Waals surface area contributed by atoms with Crippen LogP contribution < -0.4 is 10.1 Å². The van der Waals surface area contributed by atoms with Crippen molar-refractivity contribution in [2.45, 2.75) is 11.8 Å². The van der Waals surface area contributed by atoms with Crippen LogP contribution in [0.15, 0.2) is 82.8 Å². The first-order valence-corrected chi connectivity index (χ1v) is 11.0. The van der Waals surface area contributed by atoms with Crippen molar-refractivity contribution in [3.05, 3.63) is 104 Å². The molecule has 0 radical (unpaired) electrons. The van der Waals surface area contributed by atoms with E-state index in [1.54, 1.807) is 6.92 Å². The van der Waals surface area contributed by atoms with E-state index in [1.165, 1.54) is 54.6 Å². The zero-order valence-corrected chi connectivity index (χ0v) is 18.4. The molecule has 3 aromatic rings. The molecule has 0 aromatic heterocycles. The molecule has 0 heterocycles. The lowest BCUT2D eigenvalue weighted by Crippen LogP contribution is -2.19. The van der Waals surface area contributed by atoms with Crippen LogP contribution in [0.1, 0.15) is 22.8 Å². The highest BCUT2D eigenvalue weighted by Gasteiger charge is 2.25. The molecule has 174 valence electrons. The Bertz CT molecular complexity index is 1400. The second-order valence-electron chi connectivity index (χ2n) is 6.85. The fourth-order valence-corrected chi connectivity index (χ4v) is 4.08. The maximum absolute atomic E-state index is 12.6. The van der Waals surface area contributed by atoms with Crippen LogP contribution in [-0.2, 0) is 10.0 Å². The quantitative estimate of drug-likeness (QED) is 0.280. The van der Waals surface area contributed by atoms with Gasteiger partial charge >= 0.3 is 0 Å². The van der Waals surface area contributed by atoms with E-state index in [0.717, 1.165) is 18.2 Å². The average Bonchev–Trinajstić information content (AvgIpc) is 2.82. The third-order valence-electron chi connectivity index (χ3n) is 4.55. The number of anilines is 1. The van der Waals surface area contributed by atoms with Gasteiger partial charge in [0.2, 0.25) is 0 Å². The number of amides is 1. The number of non-ortho nitro benzene ring substituents is 1. The van der Waals surface area contributed by atoms with Crippen molar-refractivity contribution < 1.29 is 23.1 Å². The summed E-state index contributed by atoms with van der Waals surface area (Å²) in [6.45, 7) is 1.60. The summed E-state index contributed by atoms with van der Waals surface area (Å²) in [5.41, 5.74) is 2.68. The summed E-state index contributed by atoms with van der Waals surface area (Å²) in [6, 6.07) is 16.1. The van der Waals surface area contributed by atoms with Crippen LogP contribution in [0.25, 0.3) is 0 Å². The van der Waals surface area contributed by atoms with E-state index in [2.05, 4.69) is 15.2 Å². The summed E-state index contributed by atoms with van der Waals surface area (Å²) < 4.78 is 27.5. The molecule has 0 aliphatic heterocycles. The summed E-state index contributed by atoms with van der Waals surface area (Å²) in [5.74, 6) is -0.642.